The van der Waals surface area contributed by atoms with Crippen LogP contribution in [-0.2, 0) is 0 Å². The van der Waals surface area contributed by atoms with Gasteiger partial charge in [0.25, 0.3) is 5.91 Å². The Bertz CT molecular complexity index is 802. The number of hydrogen-bond acceptors (Lipinski definition) is 5. The van der Waals surface area contributed by atoms with E-state index in [0.29, 0.717) is 31.9 Å². The Labute approximate surface area is 129 Å². The van der Waals surface area contributed by atoms with Crippen molar-refractivity contribution >= 4 is 44.3 Å². The summed E-state index contributed by atoms with van der Waals surface area (Å²) in [5, 5.41) is 3.83. The standard InChI is InChI=1S/C14H10ClN3O2S/c1-20-11-7-6-10-13(17-11)21-14(16-10)18-12(19)8-2-4-9(15)5-3-8/h2-7H,1H3,(H,16,18,19). The van der Waals surface area contributed by atoms with Crippen molar-refractivity contribution in [3.8, 4) is 5.88 Å². The lowest BCUT2D eigenvalue weighted by molar-refractivity contribution is 0.102. The molecule has 0 saturated carbocycles. The van der Waals surface area contributed by atoms with Gasteiger partial charge in [-0.3, -0.25) is 10.1 Å². The summed E-state index contributed by atoms with van der Waals surface area (Å²) < 4.78 is 5.06. The Morgan fingerprint density at radius 3 is 2.67 bits per heavy atom. The molecule has 2 heterocycles. The van der Waals surface area contributed by atoms with Crippen molar-refractivity contribution in [1.82, 2.24) is 9.97 Å². The van der Waals surface area contributed by atoms with Gasteiger partial charge in [-0.25, -0.2) is 9.97 Å². The molecule has 0 aliphatic carbocycles. The van der Waals surface area contributed by atoms with Gasteiger partial charge in [0.1, 0.15) is 10.3 Å². The van der Waals surface area contributed by atoms with Crippen LogP contribution in [0.4, 0.5) is 5.13 Å². The quantitative estimate of drug-likeness (QED) is 0.801. The van der Waals surface area contributed by atoms with Crippen LogP contribution in [0.3, 0.4) is 0 Å². The molecule has 1 aromatic carbocycles. The predicted octanol–water partition coefficient (Wildman–Crippen LogP) is 3.61. The van der Waals surface area contributed by atoms with E-state index >= 15 is 0 Å². The molecule has 0 atom stereocenters. The van der Waals surface area contributed by atoms with Gasteiger partial charge < -0.3 is 4.74 Å². The van der Waals surface area contributed by atoms with Crippen LogP contribution < -0.4 is 10.1 Å². The third-order valence-corrected chi connectivity index (χ3v) is 3.90. The van der Waals surface area contributed by atoms with Crippen LogP contribution in [0.25, 0.3) is 10.3 Å². The first kappa shape index (κ1) is 13.8. The van der Waals surface area contributed by atoms with E-state index in [2.05, 4.69) is 15.3 Å². The highest BCUT2D eigenvalue weighted by Crippen LogP contribution is 2.26. The fourth-order valence-corrected chi connectivity index (χ4v) is 2.69. The number of thiazole rings is 1. The maximum absolute atomic E-state index is 12.1. The van der Waals surface area contributed by atoms with E-state index in [1.807, 2.05) is 0 Å². The van der Waals surface area contributed by atoms with Crippen molar-refractivity contribution in [2.24, 2.45) is 0 Å². The summed E-state index contributed by atoms with van der Waals surface area (Å²) in [4.78, 5) is 21.4. The van der Waals surface area contributed by atoms with Crippen molar-refractivity contribution in [2.45, 2.75) is 0 Å². The lowest BCUT2D eigenvalue weighted by atomic mass is 10.2. The molecule has 5 nitrogen and oxygen atoms in total. The lowest BCUT2D eigenvalue weighted by Gasteiger charge is -2.00. The number of ether oxygens (including phenoxy) is 1. The van der Waals surface area contributed by atoms with E-state index in [0.717, 1.165) is 0 Å². The van der Waals surface area contributed by atoms with E-state index < -0.39 is 0 Å². The largest absolute Gasteiger partial charge is 0.481 e. The maximum atomic E-state index is 12.1. The fraction of sp³-hybridized carbons (Fsp3) is 0.0714. The molecule has 2 aromatic heterocycles. The number of nitrogens with one attached hydrogen (secondary N) is 1. The van der Waals surface area contributed by atoms with Gasteiger partial charge in [-0.15, -0.1) is 0 Å². The fourth-order valence-electron chi connectivity index (χ4n) is 1.74. The van der Waals surface area contributed by atoms with Gasteiger partial charge >= 0.3 is 0 Å². The average Bonchev–Trinajstić information content (AvgIpc) is 2.88. The van der Waals surface area contributed by atoms with Crippen LogP contribution in [0.5, 0.6) is 5.88 Å². The van der Waals surface area contributed by atoms with Crippen LogP contribution in [0.2, 0.25) is 5.02 Å². The molecule has 21 heavy (non-hydrogen) atoms. The molecule has 0 aliphatic heterocycles. The van der Waals surface area contributed by atoms with Crippen molar-refractivity contribution in [3.05, 3.63) is 47.0 Å². The second kappa shape index (κ2) is 5.67. The molecule has 106 valence electrons. The summed E-state index contributed by atoms with van der Waals surface area (Å²) >= 11 is 7.09. The maximum Gasteiger partial charge on any atom is 0.257 e. The topological polar surface area (TPSA) is 64.1 Å². The number of anilines is 1. The second-order valence-electron chi connectivity index (χ2n) is 4.16. The number of nitrogens with zero attached hydrogens (tertiary/aromatic N) is 2. The Morgan fingerprint density at radius 2 is 1.95 bits per heavy atom. The van der Waals surface area contributed by atoms with Crippen LogP contribution in [0.1, 0.15) is 10.4 Å². The lowest BCUT2D eigenvalue weighted by Crippen LogP contribution is -2.11. The zero-order valence-corrected chi connectivity index (χ0v) is 12.5. The number of hydrogen-bond donors (Lipinski definition) is 1. The minimum atomic E-state index is -0.238. The summed E-state index contributed by atoms with van der Waals surface area (Å²) in [6, 6.07) is 10.2. The molecule has 1 amide bonds. The highest BCUT2D eigenvalue weighted by Gasteiger charge is 2.11. The number of carbonyl (C=O) groups excluding carboxylic acids is 1. The normalized spacial score (nSPS) is 10.6. The monoisotopic (exact) mass is 319 g/mol. The third kappa shape index (κ3) is 2.96. The summed E-state index contributed by atoms with van der Waals surface area (Å²) in [5.74, 6) is 0.277. The number of fused-ring (bicyclic) bond motifs is 1. The zero-order valence-electron chi connectivity index (χ0n) is 11.0. The number of aromatic nitrogens is 2. The number of carbonyl (C=O) groups is 1. The van der Waals surface area contributed by atoms with Gasteiger partial charge in [-0.1, -0.05) is 22.9 Å². The minimum absolute atomic E-state index is 0.238. The molecular weight excluding hydrogens is 310 g/mol. The van der Waals surface area contributed by atoms with Gasteiger partial charge in [0.15, 0.2) is 5.13 Å². The summed E-state index contributed by atoms with van der Waals surface area (Å²) in [5.41, 5.74) is 1.23. The van der Waals surface area contributed by atoms with Gasteiger partial charge in [0.05, 0.1) is 7.11 Å². The molecule has 0 bridgehead atoms. The summed E-state index contributed by atoms with van der Waals surface area (Å²) in [7, 11) is 1.55. The molecule has 0 aliphatic rings. The summed E-state index contributed by atoms with van der Waals surface area (Å²) in [6.07, 6.45) is 0. The van der Waals surface area contributed by atoms with Crippen LogP contribution in [0.15, 0.2) is 36.4 Å². The van der Waals surface area contributed by atoms with Gasteiger partial charge in [0.2, 0.25) is 5.88 Å². The molecule has 0 saturated heterocycles. The first-order chi connectivity index (χ1) is 10.2. The van der Waals surface area contributed by atoms with E-state index in [1.165, 1.54) is 11.3 Å². The highest BCUT2D eigenvalue weighted by atomic mass is 35.5. The van der Waals surface area contributed by atoms with Gasteiger partial charge in [0, 0.05) is 16.7 Å². The Kier molecular flexibility index (Phi) is 3.72. The minimum Gasteiger partial charge on any atom is -0.481 e. The molecule has 3 aromatic rings. The van der Waals surface area contributed by atoms with Crippen molar-refractivity contribution in [3.63, 3.8) is 0 Å². The first-order valence-electron chi connectivity index (χ1n) is 6.04. The first-order valence-corrected chi connectivity index (χ1v) is 7.23. The number of benzene rings is 1. The number of methoxy groups -OCH3 is 1. The van der Waals surface area contributed by atoms with Crippen molar-refractivity contribution in [2.75, 3.05) is 12.4 Å². The van der Waals surface area contributed by atoms with Crippen molar-refractivity contribution in [1.29, 1.82) is 0 Å². The van der Waals surface area contributed by atoms with E-state index in [4.69, 9.17) is 16.3 Å². The van der Waals surface area contributed by atoms with Crippen molar-refractivity contribution < 1.29 is 9.53 Å². The molecular formula is C14H10ClN3O2S. The third-order valence-electron chi connectivity index (χ3n) is 2.77. The summed E-state index contributed by atoms with van der Waals surface area (Å²) in [6.45, 7) is 0. The molecule has 0 radical (unpaired) electrons. The zero-order chi connectivity index (χ0) is 14.8. The second-order valence-corrected chi connectivity index (χ2v) is 5.57. The van der Waals surface area contributed by atoms with Gasteiger partial charge in [-0.2, -0.15) is 0 Å². The van der Waals surface area contributed by atoms with E-state index in [9.17, 15) is 4.79 Å². The number of amides is 1. The number of pyridine rings is 1. The SMILES string of the molecule is COc1ccc2nc(NC(=O)c3ccc(Cl)cc3)sc2n1. The highest BCUT2D eigenvalue weighted by molar-refractivity contribution is 7.22. The molecule has 7 heteroatoms. The van der Waals surface area contributed by atoms with E-state index in [1.54, 1.807) is 43.5 Å². The Balaban J connectivity index is 1.84. The van der Waals surface area contributed by atoms with E-state index in [-0.39, 0.29) is 5.91 Å². The van der Waals surface area contributed by atoms with Crippen LogP contribution in [-0.4, -0.2) is 23.0 Å². The van der Waals surface area contributed by atoms with Crippen LogP contribution in [0, 0.1) is 0 Å². The Hall–Kier alpha value is -2.18. The number of halogens is 1. The molecule has 0 spiro atoms. The predicted molar refractivity (Wildman–Crippen MR) is 83.4 cm³/mol. The smallest absolute Gasteiger partial charge is 0.257 e. The Morgan fingerprint density at radius 1 is 1.19 bits per heavy atom. The molecule has 0 unspecified atom stereocenters. The molecule has 3 rings (SSSR count). The molecule has 1 N–H and O–H groups in total. The average molecular weight is 320 g/mol. The number of rotatable bonds is 3. The van der Waals surface area contributed by atoms with Gasteiger partial charge in [-0.05, 0) is 30.3 Å². The van der Waals surface area contributed by atoms with Crippen LogP contribution >= 0.6 is 22.9 Å². The molecule has 0 fully saturated rings.